The second kappa shape index (κ2) is 4.24. The number of para-hydroxylation sites is 1. The van der Waals surface area contributed by atoms with Crippen LogP contribution in [0.2, 0.25) is 0 Å². The first-order chi connectivity index (χ1) is 7.31. The molecule has 0 amide bonds. The maximum Gasteiger partial charge on any atom is 0.144 e. The number of nitrogens with two attached hydrogens (primary N) is 1. The molecule has 80 valence electrons. The zero-order valence-corrected chi connectivity index (χ0v) is 8.08. The highest BCUT2D eigenvalue weighted by Gasteiger charge is 2.06. The Bertz CT molecular complexity index is 442. The number of nitrogens with zero attached hydrogens (tertiary/aromatic N) is 3. The van der Waals surface area contributed by atoms with Crippen molar-refractivity contribution in [3.63, 3.8) is 0 Å². The molecule has 0 saturated carbocycles. The van der Waals surface area contributed by atoms with Gasteiger partial charge in [-0.25, -0.2) is 0 Å². The molecule has 0 aliphatic carbocycles. The van der Waals surface area contributed by atoms with E-state index in [-0.39, 0.29) is 13.2 Å². The van der Waals surface area contributed by atoms with Gasteiger partial charge in [0.1, 0.15) is 23.7 Å². The minimum atomic E-state index is -0.687. The smallest absolute Gasteiger partial charge is 0.144 e. The fourth-order valence-electron chi connectivity index (χ4n) is 1.17. The van der Waals surface area contributed by atoms with Crippen LogP contribution in [-0.4, -0.2) is 39.5 Å². The van der Waals surface area contributed by atoms with Crippen molar-refractivity contribution >= 4 is 11.0 Å². The Morgan fingerprint density at radius 2 is 2.27 bits per heavy atom. The predicted octanol–water partition coefficient (Wildman–Crippen LogP) is -0.820. The first-order valence-corrected chi connectivity index (χ1v) is 4.63. The van der Waals surface area contributed by atoms with Gasteiger partial charge in [-0.05, 0) is 17.3 Å². The molecule has 2 rings (SSSR count). The Labute approximate surface area is 86.2 Å². The lowest BCUT2D eigenvalue weighted by Gasteiger charge is -2.08. The van der Waals surface area contributed by atoms with Gasteiger partial charge in [0, 0.05) is 6.54 Å². The topological polar surface area (TPSA) is 86.2 Å². The van der Waals surface area contributed by atoms with Gasteiger partial charge in [0.25, 0.3) is 0 Å². The van der Waals surface area contributed by atoms with E-state index in [2.05, 4.69) is 10.3 Å². The summed E-state index contributed by atoms with van der Waals surface area (Å²) in [6, 6.07) is 7.41. The van der Waals surface area contributed by atoms with Crippen molar-refractivity contribution in [3.05, 3.63) is 24.3 Å². The van der Waals surface area contributed by atoms with Crippen LogP contribution in [0, 0.1) is 0 Å². The standard InChI is InChI=1S/C9H12N4O2/c10-5-7(14)6-15-13-9-4-2-1-3-8(9)11-12-13/h1-4,7,14H,5-6,10H2. The van der Waals surface area contributed by atoms with Gasteiger partial charge in [-0.1, -0.05) is 17.0 Å². The molecule has 6 heteroatoms. The predicted molar refractivity (Wildman–Crippen MR) is 54.0 cm³/mol. The number of aliphatic hydroxyl groups is 1. The highest BCUT2D eigenvalue weighted by Crippen LogP contribution is 2.07. The number of rotatable bonds is 4. The summed E-state index contributed by atoms with van der Waals surface area (Å²) in [5.74, 6) is 0. The monoisotopic (exact) mass is 208 g/mol. The summed E-state index contributed by atoms with van der Waals surface area (Å²) in [6.07, 6.45) is -0.687. The van der Waals surface area contributed by atoms with Gasteiger partial charge in [-0.3, -0.25) is 0 Å². The van der Waals surface area contributed by atoms with Crippen molar-refractivity contribution in [1.82, 2.24) is 15.2 Å². The van der Waals surface area contributed by atoms with Crippen LogP contribution >= 0.6 is 0 Å². The molecule has 3 N–H and O–H groups in total. The molecule has 15 heavy (non-hydrogen) atoms. The summed E-state index contributed by atoms with van der Waals surface area (Å²) in [5, 5.41) is 16.9. The molecule has 1 heterocycles. The molecule has 0 radical (unpaired) electrons. The van der Waals surface area contributed by atoms with E-state index >= 15 is 0 Å². The fraction of sp³-hybridized carbons (Fsp3) is 0.333. The van der Waals surface area contributed by atoms with Gasteiger partial charge >= 0.3 is 0 Å². The summed E-state index contributed by atoms with van der Waals surface area (Å²) in [5.41, 5.74) is 6.76. The van der Waals surface area contributed by atoms with Crippen LogP contribution in [0.25, 0.3) is 11.0 Å². The third-order valence-electron chi connectivity index (χ3n) is 1.98. The number of benzene rings is 1. The van der Waals surface area contributed by atoms with E-state index in [1.165, 1.54) is 4.85 Å². The lowest BCUT2D eigenvalue weighted by molar-refractivity contribution is 0.0183. The Morgan fingerprint density at radius 1 is 1.47 bits per heavy atom. The molecule has 0 aliphatic rings. The van der Waals surface area contributed by atoms with Crippen molar-refractivity contribution < 1.29 is 9.94 Å². The van der Waals surface area contributed by atoms with Crippen LogP contribution < -0.4 is 10.6 Å². The maximum absolute atomic E-state index is 9.22. The molecule has 0 bridgehead atoms. The van der Waals surface area contributed by atoms with E-state index in [0.717, 1.165) is 11.0 Å². The van der Waals surface area contributed by atoms with E-state index in [0.29, 0.717) is 0 Å². The average molecular weight is 208 g/mol. The number of fused-ring (bicyclic) bond motifs is 1. The minimum Gasteiger partial charge on any atom is -0.392 e. The Morgan fingerprint density at radius 3 is 3.07 bits per heavy atom. The Kier molecular flexibility index (Phi) is 2.79. The van der Waals surface area contributed by atoms with Crippen molar-refractivity contribution in [3.8, 4) is 0 Å². The summed E-state index contributed by atoms with van der Waals surface area (Å²) >= 11 is 0. The first-order valence-electron chi connectivity index (χ1n) is 4.63. The zero-order valence-electron chi connectivity index (χ0n) is 8.08. The Balaban J connectivity index is 2.14. The minimum absolute atomic E-state index is 0.101. The van der Waals surface area contributed by atoms with Gasteiger partial charge < -0.3 is 15.7 Å². The summed E-state index contributed by atoms with van der Waals surface area (Å²) < 4.78 is 0. The molecule has 0 saturated heterocycles. The number of aromatic nitrogens is 3. The number of hydrogen-bond donors (Lipinski definition) is 2. The SMILES string of the molecule is NCC(O)COn1nnc2ccccc21. The van der Waals surface area contributed by atoms with Crippen LogP contribution in [0.3, 0.4) is 0 Å². The number of hydrogen-bond acceptors (Lipinski definition) is 5. The third-order valence-corrected chi connectivity index (χ3v) is 1.98. The summed E-state index contributed by atoms with van der Waals surface area (Å²) in [7, 11) is 0. The zero-order chi connectivity index (χ0) is 10.7. The van der Waals surface area contributed by atoms with Crippen LogP contribution in [0.5, 0.6) is 0 Å². The first kappa shape index (κ1) is 9.88. The average Bonchev–Trinajstić information content (AvgIpc) is 2.69. The molecule has 6 nitrogen and oxygen atoms in total. The van der Waals surface area contributed by atoms with E-state index in [1.54, 1.807) is 0 Å². The number of aliphatic hydroxyl groups excluding tert-OH is 1. The summed E-state index contributed by atoms with van der Waals surface area (Å²) in [4.78, 5) is 6.51. The molecular formula is C9H12N4O2. The van der Waals surface area contributed by atoms with Gasteiger partial charge in [0.2, 0.25) is 0 Å². The molecule has 1 aromatic carbocycles. The molecule has 0 aliphatic heterocycles. The molecule has 1 aromatic heterocycles. The van der Waals surface area contributed by atoms with E-state index in [4.69, 9.17) is 10.6 Å². The Hall–Kier alpha value is -1.66. The molecule has 2 aromatic rings. The van der Waals surface area contributed by atoms with Crippen molar-refractivity contribution in [2.24, 2.45) is 5.73 Å². The van der Waals surface area contributed by atoms with E-state index in [1.807, 2.05) is 24.3 Å². The molecule has 0 spiro atoms. The van der Waals surface area contributed by atoms with Crippen LogP contribution in [-0.2, 0) is 0 Å². The molecule has 1 atom stereocenters. The normalized spacial score (nSPS) is 12.9. The van der Waals surface area contributed by atoms with E-state index < -0.39 is 6.10 Å². The fourth-order valence-corrected chi connectivity index (χ4v) is 1.17. The second-order valence-corrected chi connectivity index (χ2v) is 3.14. The van der Waals surface area contributed by atoms with Gasteiger partial charge in [-0.2, -0.15) is 0 Å². The highest BCUT2D eigenvalue weighted by atomic mass is 16.7. The molecular weight excluding hydrogens is 196 g/mol. The van der Waals surface area contributed by atoms with Crippen LogP contribution in [0.15, 0.2) is 24.3 Å². The third kappa shape index (κ3) is 2.05. The maximum atomic E-state index is 9.22. The van der Waals surface area contributed by atoms with Crippen molar-refractivity contribution in [2.75, 3.05) is 13.2 Å². The lowest BCUT2D eigenvalue weighted by atomic mass is 10.3. The second-order valence-electron chi connectivity index (χ2n) is 3.14. The van der Waals surface area contributed by atoms with Crippen molar-refractivity contribution in [2.45, 2.75) is 6.10 Å². The lowest BCUT2D eigenvalue weighted by Crippen LogP contribution is -2.30. The van der Waals surface area contributed by atoms with Gasteiger partial charge in [0.05, 0.1) is 0 Å². The largest absolute Gasteiger partial charge is 0.392 e. The highest BCUT2D eigenvalue weighted by molar-refractivity contribution is 5.73. The molecule has 1 unspecified atom stereocenters. The van der Waals surface area contributed by atoms with Gasteiger partial charge in [0.15, 0.2) is 0 Å². The van der Waals surface area contributed by atoms with Crippen LogP contribution in [0.1, 0.15) is 0 Å². The van der Waals surface area contributed by atoms with Gasteiger partial charge in [-0.15, -0.1) is 5.10 Å². The summed E-state index contributed by atoms with van der Waals surface area (Å²) in [6.45, 7) is 0.260. The molecule has 0 fully saturated rings. The quantitative estimate of drug-likeness (QED) is 0.685. The van der Waals surface area contributed by atoms with Crippen molar-refractivity contribution in [1.29, 1.82) is 0 Å². The van der Waals surface area contributed by atoms with E-state index in [9.17, 15) is 5.11 Å². The van der Waals surface area contributed by atoms with Crippen LogP contribution in [0.4, 0.5) is 0 Å².